The van der Waals surface area contributed by atoms with Gasteiger partial charge in [-0.25, -0.2) is 4.39 Å². The highest BCUT2D eigenvalue weighted by Crippen LogP contribution is 2.39. The lowest BCUT2D eigenvalue weighted by molar-refractivity contribution is -0.112. The number of thioether (sulfide) groups is 1. The fourth-order valence-electron chi connectivity index (χ4n) is 2.21. The molecule has 1 aliphatic rings. The van der Waals surface area contributed by atoms with Crippen LogP contribution in [0.25, 0.3) is 6.08 Å². The molecule has 114 valence electrons. The summed E-state index contributed by atoms with van der Waals surface area (Å²) < 4.78 is 14.4. The van der Waals surface area contributed by atoms with E-state index in [2.05, 4.69) is 35.1 Å². The SMILES string of the molecule is Cc1sc2c(c1C)CSC(C(=O)Nc1ccc(Br)cc1F)=C2. The second-order valence-electron chi connectivity index (χ2n) is 5.00. The van der Waals surface area contributed by atoms with Crippen molar-refractivity contribution in [1.82, 2.24) is 0 Å². The summed E-state index contributed by atoms with van der Waals surface area (Å²) in [7, 11) is 0. The van der Waals surface area contributed by atoms with Crippen molar-refractivity contribution in [3.05, 3.63) is 54.3 Å². The number of hydrogen-bond donors (Lipinski definition) is 1. The van der Waals surface area contributed by atoms with Crippen LogP contribution in [0.5, 0.6) is 0 Å². The number of thiophene rings is 1. The van der Waals surface area contributed by atoms with Gasteiger partial charge in [0.1, 0.15) is 5.82 Å². The van der Waals surface area contributed by atoms with E-state index in [1.807, 2.05) is 6.08 Å². The average molecular weight is 398 g/mol. The first-order valence-electron chi connectivity index (χ1n) is 6.65. The summed E-state index contributed by atoms with van der Waals surface area (Å²) in [4.78, 5) is 15.4. The first kappa shape index (κ1) is 15.8. The second-order valence-corrected chi connectivity index (χ2v) is 8.19. The average Bonchev–Trinajstić information content (AvgIpc) is 2.76. The molecule has 3 rings (SSSR count). The van der Waals surface area contributed by atoms with E-state index in [0.29, 0.717) is 9.38 Å². The number of benzene rings is 1. The van der Waals surface area contributed by atoms with Crippen LogP contribution in [0.4, 0.5) is 10.1 Å². The highest BCUT2D eigenvalue weighted by molar-refractivity contribution is 9.10. The normalized spacial score (nSPS) is 13.5. The number of carbonyl (C=O) groups is 1. The van der Waals surface area contributed by atoms with E-state index in [1.54, 1.807) is 23.5 Å². The van der Waals surface area contributed by atoms with Gasteiger partial charge < -0.3 is 5.32 Å². The van der Waals surface area contributed by atoms with Gasteiger partial charge in [-0.2, -0.15) is 0 Å². The van der Waals surface area contributed by atoms with Gasteiger partial charge in [0, 0.05) is 20.0 Å². The maximum atomic E-state index is 13.8. The molecule has 0 aliphatic carbocycles. The summed E-state index contributed by atoms with van der Waals surface area (Å²) in [6, 6.07) is 4.59. The minimum absolute atomic E-state index is 0.194. The van der Waals surface area contributed by atoms with Gasteiger partial charge in [0.2, 0.25) is 0 Å². The van der Waals surface area contributed by atoms with Gasteiger partial charge in [-0.1, -0.05) is 15.9 Å². The van der Waals surface area contributed by atoms with Crippen molar-refractivity contribution < 1.29 is 9.18 Å². The zero-order valence-corrected chi connectivity index (χ0v) is 15.2. The maximum absolute atomic E-state index is 13.8. The van der Waals surface area contributed by atoms with Crippen molar-refractivity contribution in [3.63, 3.8) is 0 Å². The molecular formula is C16H13BrFNOS2. The number of nitrogens with one attached hydrogen (secondary N) is 1. The molecule has 2 nitrogen and oxygen atoms in total. The van der Waals surface area contributed by atoms with Gasteiger partial charge in [0.05, 0.1) is 10.6 Å². The Morgan fingerprint density at radius 2 is 2.14 bits per heavy atom. The van der Waals surface area contributed by atoms with Crippen molar-refractivity contribution >= 4 is 56.7 Å². The van der Waals surface area contributed by atoms with E-state index in [9.17, 15) is 9.18 Å². The Morgan fingerprint density at radius 1 is 1.36 bits per heavy atom. The summed E-state index contributed by atoms with van der Waals surface area (Å²) in [5, 5.41) is 2.64. The number of rotatable bonds is 2. The molecule has 2 aromatic rings. The summed E-state index contributed by atoms with van der Waals surface area (Å²) in [5.41, 5.74) is 2.81. The lowest BCUT2D eigenvalue weighted by Gasteiger charge is -2.14. The van der Waals surface area contributed by atoms with Gasteiger partial charge in [0.15, 0.2) is 0 Å². The second kappa shape index (κ2) is 6.18. The van der Waals surface area contributed by atoms with Crippen molar-refractivity contribution in [1.29, 1.82) is 0 Å². The number of carbonyl (C=O) groups excluding carboxylic acids is 1. The Kier molecular flexibility index (Phi) is 4.43. The van der Waals surface area contributed by atoms with E-state index in [1.165, 1.54) is 33.8 Å². The van der Waals surface area contributed by atoms with Crippen LogP contribution < -0.4 is 5.32 Å². The molecule has 0 saturated heterocycles. The third-order valence-electron chi connectivity index (χ3n) is 3.58. The fraction of sp³-hybridized carbons (Fsp3) is 0.188. The third kappa shape index (κ3) is 3.00. The minimum Gasteiger partial charge on any atom is -0.319 e. The van der Waals surface area contributed by atoms with Gasteiger partial charge in [0.25, 0.3) is 5.91 Å². The van der Waals surface area contributed by atoms with E-state index in [-0.39, 0.29) is 11.6 Å². The van der Waals surface area contributed by atoms with E-state index < -0.39 is 5.82 Å². The molecule has 1 amide bonds. The number of fused-ring (bicyclic) bond motifs is 1. The molecule has 0 saturated carbocycles. The zero-order valence-electron chi connectivity index (χ0n) is 12.0. The molecular weight excluding hydrogens is 385 g/mol. The van der Waals surface area contributed by atoms with Crippen LogP contribution in [0.1, 0.15) is 20.9 Å². The Bertz CT molecular complexity index is 798. The fourth-order valence-corrected chi connectivity index (χ4v) is 4.90. The lowest BCUT2D eigenvalue weighted by atomic mass is 10.1. The van der Waals surface area contributed by atoms with E-state index >= 15 is 0 Å². The predicted octanol–water partition coefficient (Wildman–Crippen LogP) is 5.49. The first-order valence-corrected chi connectivity index (χ1v) is 9.25. The van der Waals surface area contributed by atoms with Crippen LogP contribution in [0.2, 0.25) is 0 Å². The van der Waals surface area contributed by atoms with Crippen LogP contribution in [-0.4, -0.2) is 5.91 Å². The van der Waals surface area contributed by atoms with Crippen molar-refractivity contribution in [2.45, 2.75) is 19.6 Å². The number of aryl methyl sites for hydroxylation is 1. The summed E-state index contributed by atoms with van der Waals surface area (Å²) in [6.45, 7) is 4.20. The highest BCUT2D eigenvalue weighted by Gasteiger charge is 2.21. The monoisotopic (exact) mass is 397 g/mol. The van der Waals surface area contributed by atoms with Gasteiger partial charge in [-0.15, -0.1) is 23.1 Å². The Balaban J connectivity index is 1.84. The third-order valence-corrected chi connectivity index (χ3v) is 6.32. The standard InChI is InChI=1S/C16H13BrFNOS2/c1-8-9(2)22-14-6-15(21-7-11(8)14)16(20)19-13-4-3-10(17)5-12(13)18/h3-6H,7H2,1-2H3,(H,19,20). The van der Waals surface area contributed by atoms with Crippen molar-refractivity contribution in [3.8, 4) is 0 Å². The van der Waals surface area contributed by atoms with Gasteiger partial charge in [-0.05, 0) is 49.2 Å². The number of halogens is 2. The van der Waals surface area contributed by atoms with Gasteiger partial charge in [-0.3, -0.25) is 4.79 Å². The Hall–Kier alpha value is -1.11. The van der Waals surface area contributed by atoms with Crippen molar-refractivity contribution in [2.75, 3.05) is 5.32 Å². The molecule has 0 fully saturated rings. The van der Waals surface area contributed by atoms with E-state index in [0.717, 1.165) is 10.6 Å². The van der Waals surface area contributed by atoms with Crippen LogP contribution in [0.15, 0.2) is 27.6 Å². The lowest BCUT2D eigenvalue weighted by Crippen LogP contribution is -2.15. The quantitative estimate of drug-likeness (QED) is 0.725. The van der Waals surface area contributed by atoms with Crippen LogP contribution in [0, 0.1) is 19.7 Å². The molecule has 2 heterocycles. The maximum Gasteiger partial charge on any atom is 0.262 e. The largest absolute Gasteiger partial charge is 0.319 e. The molecule has 0 unspecified atom stereocenters. The zero-order chi connectivity index (χ0) is 15.9. The smallest absolute Gasteiger partial charge is 0.262 e. The molecule has 0 radical (unpaired) electrons. The topological polar surface area (TPSA) is 29.1 Å². The molecule has 1 aromatic carbocycles. The van der Waals surface area contributed by atoms with Crippen LogP contribution in [-0.2, 0) is 10.5 Å². The predicted molar refractivity (Wildman–Crippen MR) is 95.8 cm³/mol. The number of amides is 1. The van der Waals surface area contributed by atoms with Crippen LogP contribution in [0.3, 0.4) is 0 Å². The number of hydrogen-bond acceptors (Lipinski definition) is 3. The molecule has 6 heteroatoms. The highest BCUT2D eigenvalue weighted by atomic mass is 79.9. The molecule has 0 spiro atoms. The van der Waals surface area contributed by atoms with Crippen LogP contribution >= 0.6 is 39.0 Å². The van der Waals surface area contributed by atoms with Crippen molar-refractivity contribution in [2.24, 2.45) is 0 Å². The number of anilines is 1. The van der Waals surface area contributed by atoms with E-state index in [4.69, 9.17) is 0 Å². The Morgan fingerprint density at radius 3 is 2.86 bits per heavy atom. The summed E-state index contributed by atoms with van der Waals surface area (Å²) in [6.07, 6.45) is 1.90. The molecule has 1 N–H and O–H groups in total. The molecule has 1 aromatic heterocycles. The molecule has 22 heavy (non-hydrogen) atoms. The molecule has 1 aliphatic heterocycles. The summed E-state index contributed by atoms with van der Waals surface area (Å²) >= 11 is 6.39. The molecule has 0 bridgehead atoms. The molecule has 0 atom stereocenters. The Labute approximate surface area is 144 Å². The summed E-state index contributed by atoms with van der Waals surface area (Å²) in [5.74, 6) is 0.0707. The van der Waals surface area contributed by atoms with Gasteiger partial charge >= 0.3 is 0 Å². The first-order chi connectivity index (χ1) is 10.5. The minimum atomic E-state index is -0.451.